The third kappa shape index (κ3) is 3.83. The molecule has 1 aliphatic carbocycles. The van der Waals surface area contributed by atoms with Crippen LogP contribution < -0.4 is 5.32 Å². The molecule has 2 N–H and O–H groups in total. The van der Waals surface area contributed by atoms with Crippen LogP contribution in [0.1, 0.15) is 56.2 Å². The van der Waals surface area contributed by atoms with Crippen LogP contribution in [0.3, 0.4) is 0 Å². The lowest BCUT2D eigenvalue weighted by molar-refractivity contribution is -0.124. The number of amidine groups is 1. The number of nitrogens with one attached hydrogen (secondary N) is 2. The van der Waals surface area contributed by atoms with Crippen molar-refractivity contribution in [3.63, 3.8) is 0 Å². The molecule has 1 amide bonds. The number of amides is 1. The Balaban J connectivity index is 1.20. The van der Waals surface area contributed by atoms with Gasteiger partial charge in [0.2, 0.25) is 0 Å². The van der Waals surface area contributed by atoms with E-state index in [1.54, 1.807) is 11.9 Å². The summed E-state index contributed by atoms with van der Waals surface area (Å²) >= 11 is 1.74. The van der Waals surface area contributed by atoms with E-state index >= 15 is 0 Å². The van der Waals surface area contributed by atoms with Crippen LogP contribution in [0.25, 0.3) is 17.0 Å². The average molecular weight is 423 g/mol. The summed E-state index contributed by atoms with van der Waals surface area (Å²) in [5, 5.41) is 6.58. The molecule has 1 spiro atoms. The number of hydrogen-bond donors (Lipinski definition) is 2. The molecule has 3 heterocycles. The Bertz CT molecular complexity index is 994. The average Bonchev–Trinajstić information content (AvgIpc) is 3.30. The van der Waals surface area contributed by atoms with Gasteiger partial charge in [0.15, 0.2) is 0 Å². The molecule has 2 aromatic rings. The summed E-state index contributed by atoms with van der Waals surface area (Å²) in [4.78, 5) is 21.1. The van der Waals surface area contributed by atoms with Crippen molar-refractivity contribution in [2.75, 3.05) is 13.1 Å². The standard InChI is InChI=1S/C24H30N4OS/c1-17-16-20-18(8-5-9-21(20)25-17)10-15-30-28-13-11-24(12-14-28)23(29)26-22(27-24)19-6-3-2-4-7-19/h5,8-10,15-16,19,25H,2-4,6-7,11-14H2,1H3,(H,26,27,29)/b15-10+. The second kappa shape index (κ2) is 8.23. The highest BCUT2D eigenvalue weighted by Crippen LogP contribution is 2.36. The molecule has 6 heteroatoms. The van der Waals surface area contributed by atoms with Crippen LogP contribution in [-0.4, -0.2) is 39.7 Å². The first kappa shape index (κ1) is 19.9. The van der Waals surface area contributed by atoms with E-state index in [1.165, 1.54) is 54.3 Å². The Labute approximate surface area is 182 Å². The molecule has 0 atom stereocenters. The molecule has 3 aliphatic rings. The predicted octanol–water partition coefficient (Wildman–Crippen LogP) is 5.04. The Morgan fingerprint density at radius 3 is 2.80 bits per heavy atom. The van der Waals surface area contributed by atoms with Gasteiger partial charge in [-0.3, -0.25) is 9.79 Å². The van der Waals surface area contributed by atoms with E-state index in [1.807, 2.05) is 0 Å². The molecule has 5 nitrogen and oxygen atoms in total. The van der Waals surface area contributed by atoms with Crippen LogP contribution in [0.15, 0.2) is 34.7 Å². The number of aryl methyl sites for hydroxylation is 1. The molecule has 1 saturated carbocycles. The van der Waals surface area contributed by atoms with E-state index in [0.717, 1.165) is 31.8 Å². The van der Waals surface area contributed by atoms with Gasteiger partial charge in [-0.15, -0.1) is 0 Å². The van der Waals surface area contributed by atoms with Crippen molar-refractivity contribution < 1.29 is 4.79 Å². The third-order valence-electron chi connectivity index (χ3n) is 6.83. The number of fused-ring (bicyclic) bond motifs is 1. The Morgan fingerprint density at radius 1 is 1.20 bits per heavy atom. The molecule has 1 saturated heterocycles. The number of aromatic nitrogens is 1. The van der Waals surface area contributed by atoms with Gasteiger partial charge >= 0.3 is 0 Å². The highest BCUT2D eigenvalue weighted by molar-refractivity contribution is 8.00. The summed E-state index contributed by atoms with van der Waals surface area (Å²) in [6.07, 6.45) is 10.0. The van der Waals surface area contributed by atoms with Crippen molar-refractivity contribution in [3.8, 4) is 0 Å². The van der Waals surface area contributed by atoms with Gasteiger partial charge in [0.1, 0.15) is 11.4 Å². The minimum Gasteiger partial charge on any atom is -0.359 e. The predicted molar refractivity (Wildman–Crippen MR) is 125 cm³/mol. The van der Waals surface area contributed by atoms with Crippen LogP contribution in [0.4, 0.5) is 0 Å². The van der Waals surface area contributed by atoms with E-state index in [9.17, 15) is 4.79 Å². The summed E-state index contributed by atoms with van der Waals surface area (Å²) in [7, 11) is 0. The maximum atomic E-state index is 12.8. The number of carbonyl (C=O) groups excluding carboxylic acids is 1. The highest BCUT2D eigenvalue weighted by atomic mass is 32.2. The number of carbonyl (C=O) groups is 1. The van der Waals surface area contributed by atoms with Crippen molar-refractivity contribution in [2.45, 2.75) is 57.4 Å². The number of aliphatic imine (C=N–C) groups is 1. The molecule has 1 aromatic heterocycles. The summed E-state index contributed by atoms with van der Waals surface area (Å²) < 4.78 is 2.35. The van der Waals surface area contributed by atoms with E-state index < -0.39 is 5.54 Å². The second-order valence-electron chi connectivity index (χ2n) is 8.92. The molecule has 1 aromatic carbocycles. The van der Waals surface area contributed by atoms with E-state index in [2.05, 4.69) is 57.3 Å². The first-order valence-electron chi connectivity index (χ1n) is 11.2. The fraction of sp³-hybridized carbons (Fsp3) is 0.500. The fourth-order valence-corrected chi connectivity index (χ4v) is 5.84. The zero-order valence-corrected chi connectivity index (χ0v) is 18.4. The van der Waals surface area contributed by atoms with Crippen LogP contribution in [0.5, 0.6) is 0 Å². The van der Waals surface area contributed by atoms with Crippen LogP contribution in [0.2, 0.25) is 0 Å². The number of piperidine rings is 1. The van der Waals surface area contributed by atoms with E-state index in [-0.39, 0.29) is 5.91 Å². The first-order chi connectivity index (χ1) is 14.6. The van der Waals surface area contributed by atoms with Crippen LogP contribution in [0, 0.1) is 12.8 Å². The molecule has 2 aliphatic heterocycles. The molecule has 5 rings (SSSR count). The van der Waals surface area contributed by atoms with Gasteiger partial charge in [0.05, 0.1) is 0 Å². The van der Waals surface area contributed by atoms with Gasteiger partial charge in [0.25, 0.3) is 5.91 Å². The largest absolute Gasteiger partial charge is 0.359 e. The molecule has 0 bridgehead atoms. The lowest BCUT2D eigenvalue weighted by Crippen LogP contribution is -2.47. The smallest absolute Gasteiger partial charge is 0.253 e. The topological polar surface area (TPSA) is 60.5 Å². The fourth-order valence-electron chi connectivity index (χ4n) is 5.07. The van der Waals surface area contributed by atoms with Gasteiger partial charge in [-0.05, 0) is 61.8 Å². The SMILES string of the molecule is Cc1cc2c(/C=C/SN3CCC4(CC3)N=C(C3CCCCC3)NC4=O)cccc2[nH]1. The van der Waals surface area contributed by atoms with E-state index in [0.29, 0.717) is 5.92 Å². The van der Waals surface area contributed by atoms with Crippen molar-refractivity contribution in [2.24, 2.45) is 10.9 Å². The molecule has 158 valence electrons. The summed E-state index contributed by atoms with van der Waals surface area (Å²) in [6, 6.07) is 8.56. The van der Waals surface area contributed by atoms with Crippen molar-refractivity contribution in [1.29, 1.82) is 0 Å². The minimum absolute atomic E-state index is 0.137. The summed E-state index contributed by atoms with van der Waals surface area (Å²) in [5.41, 5.74) is 3.08. The number of hydrogen-bond acceptors (Lipinski definition) is 4. The Morgan fingerprint density at radius 2 is 2.00 bits per heavy atom. The zero-order chi connectivity index (χ0) is 20.6. The van der Waals surface area contributed by atoms with Crippen LogP contribution in [-0.2, 0) is 4.79 Å². The van der Waals surface area contributed by atoms with Crippen molar-refractivity contribution >= 4 is 40.7 Å². The maximum absolute atomic E-state index is 12.8. The number of benzene rings is 1. The Hall–Kier alpha value is -2.05. The van der Waals surface area contributed by atoms with Gasteiger partial charge in [-0.1, -0.05) is 43.3 Å². The normalized spacial score (nSPS) is 22.8. The summed E-state index contributed by atoms with van der Waals surface area (Å²) in [6.45, 7) is 3.86. The molecule has 0 radical (unpaired) electrons. The monoisotopic (exact) mass is 422 g/mol. The van der Waals surface area contributed by atoms with Crippen molar-refractivity contribution in [1.82, 2.24) is 14.6 Å². The lowest BCUT2D eigenvalue weighted by Gasteiger charge is -2.34. The number of rotatable bonds is 4. The number of H-pyrrole nitrogens is 1. The lowest BCUT2D eigenvalue weighted by atomic mass is 9.88. The second-order valence-corrected chi connectivity index (χ2v) is 9.92. The highest BCUT2D eigenvalue weighted by Gasteiger charge is 2.46. The number of nitrogens with zero attached hydrogens (tertiary/aromatic N) is 2. The van der Waals surface area contributed by atoms with Gasteiger partial charge in [0, 0.05) is 35.6 Å². The Kier molecular flexibility index (Phi) is 5.46. The van der Waals surface area contributed by atoms with Gasteiger partial charge < -0.3 is 10.3 Å². The molecule has 30 heavy (non-hydrogen) atoms. The van der Waals surface area contributed by atoms with Crippen molar-refractivity contribution in [3.05, 3.63) is 40.9 Å². The molecule has 2 fully saturated rings. The van der Waals surface area contributed by atoms with Gasteiger partial charge in [-0.2, -0.15) is 0 Å². The molecular weight excluding hydrogens is 392 g/mol. The molecular formula is C24H30N4OS. The number of aromatic amines is 1. The van der Waals surface area contributed by atoms with Crippen LogP contribution >= 0.6 is 11.9 Å². The summed E-state index contributed by atoms with van der Waals surface area (Å²) in [5.74, 6) is 1.59. The van der Waals surface area contributed by atoms with E-state index in [4.69, 9.17) is 4.99 Å². The minimum atomic E-state index is -0.512. The van der Waals surface area contributed by atoms with Gasteiger partial charge in [-0.25, -0.2) is 4.31 Å². The first-order valence-corrected chi connectivity index (χ1v) is 12.0. The zero-order valence-electron chi connectivity index (χ0n) is 17.6. The maximum Gasteiger partial charge on any atom is 0.253 e. The quantitative estimate of drug-likeness (QED) is 0.679. The molecule has 0 unspecified atom stereocenters. The third-order valence-corrected chi connectivity index (χ3v) is 7.75.